The summed E-state index contributed by atoms with van der Waals surface area (Å²) in [5.74, 6) is 2.39. The van der Waals surface area contributed by atoms with Crippen molar-refractivity contribution in [2.75, 3.05) is 66.1 Å². The highest BCUT2D eigenvalue weighted by molar-refractivity contribution is 14.0. The minimum absolute atomic E-state index is 0. The van der Waals surface area contributed by atoms with Gasteiger partial charge >= 0.3 is 0 Å². The molecule has 0 amide bonds. The zero-order chi connectivity index (χ0) is 19.0. The summed E-state index contributed by atoms with van der Waals surface area (Å²) >= 11 is 0. The number of rotatable bonds is 7. The third kappa shape index (κ3) is 8.83. The standard InChI is InChI=1S/C20H41N5O.HI/c1-17(2)14-24-8-6-7-18(15-24)13-22-19(21-5)23-16-20(3,4)25-9-11-26-12-10-25;/h17-18H,6-16H2,1-5H3,(H2,21,22,23);1H. The quantitative estimate of drug-likeness (QED) is 0.323. The SMILES string of the molecule is CN=C(NCC1CCCN(CC(C)C)C1)NCC(C)(C)N1CCOCC1.I. The van der Waals surface area contributed by atoms with E-state index in [4.69, 9.17) is 4.74 Å². The number of nitrogens with zero attached hydrogens (tertiary/aromatic N) is 3. The van der Waals surface area contributed by atoms with Gasteiger partial charge in [0.2, 0.25) is 0 Å². The Kier molecular flexibility index (Phi) is 11.5. The number of likely N-dealkylation sites (tertiary alicyclic amines) is 1. The van der Waals surface area contributed by atoms with Gasteiger partial charge in [-0.3, -0.25) is 9.89 Å². The molecule has 160 valence electrons. The lowest BCUT2D eigenvalue weighted by molar-refractivity contribution is -0.00834. The molecule has 2 aliphatic rings. The maximum absolute atomic E-state index is 5.48. The summed E-state index contributed by atoms with van der Waals surface area (Å²) in [5.41, 5.74) is 0.0975. The highest BCUT2D eigenvalue weighted by Crippen LogP contribution is 2.17. The number of guanidine groups is 1. The first-order chi connectivity index (χ1) is 12.4. The van der Waals surface area contributed by atoms with Gasteiger partial charge in [0.1, 0.15) is 0 Å². The molecule has 0 spiro atoms. The number of halogens is 1. The van der Waals surface area contributed by atoms with Crippen LogP contribution >= 0.6 is 24.0 Å². The fraction of sp³-hybridized carbons (Fsp3) is 0.950. The summed E-state index contributed by atoms with van der Waals surface area (Å²) < 4.78 is 5.48. The molecule has 6 nitrogen and oxygen atoms in total. The van der Waals surface area contributed by atoms with Crippen molar-refractivity contribution in [3.63, 3.8) is 0 Å². The molecular weight excluding hydrogens is 453 g/mol. The van der Waals surface area contributed by atoms with Crippen molar-refractivity contribution in [3.8, 4) is 0 Å². The molecule has 2 aliphatic heterocycles. The Bertz CT molecular complexity index is 438. The Balaban J connectivity index is 0.00000364. The zero-order valence-electron chi connectivity index (χ0n) is 18.1. The fourth-order valence-corrected chi connectivity index (χ4v) is 4.04. The second kappa shape index (κ2) is 12.4. The molecule has 1 atom stereocenters. The summed E-state index contributed by atoms with van der Waals surface area (Å²) in [6.07, 6.45) is 2.63. The topological polar surface area (TPSA) is 52.1 Å². The van der Waals surface area contributed by atoms with Crippen molar-refractivity contribution in [3.05, 3.63) is 0 Å². The summed E-state index contributed by atoms with van der Waals surface area (Å²) in [6, 6.07) is 0. The molecule has 0 aromatic rings. The molecule has 0 saturated carbocycles. The average Bonchev–Trinajstić information content (AvgIpc) is 2.62. The molecule has 2 heterocycles. The molecule has 2 rings (SSSR count). The zero-order valence-corrected chi connectivity index (χ0v) is 20.4. The lowest BCUT2D eigenvalue weighted by Crippen LogP contribution is -2.56. The van der Waals surface area contributed by atoms with Crippen LogP contribution in [0.3, 0.4) is 0 Å². The van der Waals surface area contributed by atoms with Crippen LogP contribution in [0.5, 0.6) is 0 Å². The van der Waals surface area contributed by atoms with Crippen LogP contribution in [0.4, 0.5) is 0 Å². The van der Waals surface area contributed by atoms with Gasteiger partial charge in [0.15, 0.2) is 5.96 Å². The predicted molar refractivity (Wildman–Crippen MR) is 125 cm³/mol. The van der Waals surface area contributed by atoms with Crippen LogP contribution in [0, 0.1) is 11.8 Å². The molecule has 7 heteroatoms. The third-order valence-corrected chi connectivity index (χ3v) is 5.56. The Morgan fingerprint density at radius 2 is 1.89 bits per heavy atom. The van der Waals surface area contributed by atoms with Gasteiger partial charge in [0.05, 0.1) is 13.2 Å². The largest absolute Gasteiger partial charge is 0.379 e. The van der Waals surface area contributed by atoms with E-state index in [-0.39, 0.29) is 29.5 Å². The van der Waals surface area contributed by atoms with E-state index in [1.807, 2.05) is 7.05 Å². The Morgan fingerprint density at radius 1 is 1.19 bits per heavy atom. The second-order valence-electron chi connectivity index (χ2n) is 8.88. The number of aliphatic imine (C=N–C) groups is 1. The number of hydrogen-bond acceptors (Lipinski definition) is 4. The van der Waals surface area contributed by atoms with Gasteiger partial charge in [-0.15, -0.1) is 24.0 Å². The van der Waals surface area contributed by atoms with Crippen molar-refractivity contribution >= 4 is 29.9 Å². The Hall–Kier alpha value is -0.120. The Morgan fingerprint density at radius 3 is 2.52 bits per heavy atom. The van der Waals surface area contributed by atoms with Gasteiger partial charge in [0, 0.05) is 51.9 Å². The number of hydrogen-bond donors (Lipinski definition) is 2. The van der Waals surface area contributed by atoms with Crippen LogP contribution in [0.15, 0.2) is 4.99 Å². The maximum atomic E-state index is 5.48. The van der Waals surface area contributed by atoms with Crippen molar-refractivity contribution < 1.29 is 4.74 Å². The van der Waals surface area contributed by atoms with Crippen molar-refractivity contribution in [2.24, 2.45) is 16.8 Å². The van der Waals surface area contributed by atoms with E-state index in [1.54, 1.807) is 0 Å². The lowest BCUT2D eigenvalue weighted by atomic mass is 9.97. The van der Waals surface area contributed by atoms with Crippen LogP contribution < -0.4 is 10.6 Å². The van der Waals surface area contributed by atoms with E-state index in [0.717, 1.165) is 51.3 Å². The van der Waals surface area contributed by atoms with Crippen LogP contribution in [0.25, 0.3) is 0 Å². The number of morpholine rings is 1. The number of ether oxygens (including phenoxy) is 1. The van der Waals surface area contributed by atoms with Crippen LogP contribution in [0.1, 0.15) is 40.5 Å². The van der Waals surface area contributed by atoms with Gasteiger partial charge in [-0.1, -0.05) is 13.8 Å². The van der Waals surface area contributed by atoms with Crippen molar-refractivity contribution in [1.82, 2.24) is 20.4 Å². The highest BCUT2D eigenvalue weighted by Gasteiger charge is 2.28. The molecule has 2 fully saturated rings. The van der Waals surface area contributed by atoms with Crippen LogP contribution in [-0.4, -0.2) is 87.4 Å². The first kappa shape index (κ1) is 24.9. The fourth-order valence-electron chi connectivity index (χ4n) is 4.04. The van der Waals surface area contributed by atoms with Gasteiger partial charge < -0.3 is 20.3 Å². The summed E-state index contributed by atoms with van der Waals surface area (Å²) in [7, 11) is 1.86. The average molecular weight is 495 g/mol. The summed E-state index contributed by atoms with van der Waals surface area (Å²) in [4.78, 5) is 9.55. The van der Waals surface area contributed by atoms with E-state index in [9.17, 15) is 0 Å². The monoisotopic (exact) mass is 495 g/mol. The first-order valence-corrected chi connectivity index (χ1v) is 10.4. The molecule has 0 radical (unpaired) electrons. The van der Waals surface area contributed by atoms with Gasteiger partial charge in [-0.05, 0) is 45.1 Å². The lowest BCUT2D eigenvalue weighted by Gasteiger charge is -2.41. The molecule has 27 heavy (non-hydrogen) atoms. The van der Waals surface area contributed by atoms with E-state index in [2.05, 4.69) is 53.1 Å². The molecular formula is C20H42IN5O. The number of nitrogens with one attached hydrogen (secondary N) is 2. The molecule has 1 unspecified atom stereocenters. The molecule has 2 saturated heterocycles. The summed E-state index contributed by atoms with van der Waals surface area (Å²) in [6.45, 7) is 18.5. The van der Waals surface area contributed by atoms with E-state index in [1.165, 1.54) is 32.5 Å². The van der Waals surface area contributed by atoms with Gasteiger partial charge in [0.25, 0.3) is 0 Å². The maximum Gasteiger partial charge on any atom is 0.191 e. The second-order valence-corrected chi connectivity index (χ2v) is 8.88. The Labute approximate surface area is 183 Å². The predicted octanol–water partition coefficient (Wildman–Crippen LogP) is 2.25. The number of piperidine rings is 1. The van der Waals surface area contributed by atoms with Crippen molar-refractivity contribution in [2.45, 2.75) is 46.1 Å². The molecule has 0 bridgehead atoms. The van der Waals surface area contributed by atoms with E-state index < -0.39 is 0 Å². The third-order valence-electron chi connectivity index (χ3n) is 5.56. The minimum atomic E-state index is 0. The highest BCUT2D eigenvalue weighted by atomic mass is 127. The summed E-state index contributed by atoms with van der Waals surface area (Å²) in [5, 5.41) is 7.09. The van der Waals surface area contributed by atoms with E-state index in [0.29, 0.717) is 5.92 Å². The van der Waals surface area contributed by atoms with E-state index >= 15 is 0 Å². The van der Waals surface area contributed by atoms with Crippen molar-refractivity contribution in [1.29, 1.82) is 0 Å². The van der Waals surface area contributed by atoms with Crippen LogP contribution in [0.2, 0.25) is 0 Å². The smallest absolute Gasteiger partial charge is 0.191 e. The first-order valence-electron chi connectivity index (χ1n) is 10.4. The normalized spacial score (nSPS) is 23.2. The van der Waals surface area contributed by atoms with Gasteiger partial charge in [-0.25, -0.2) is 0 Å². The van der Waals surface area contributed by atoms with Crippen LogP contribution in [-0.2, 0) is 4.74 Å². The molecule has 0 aromatic heterocycles. The van der Waals surface area contributed by atoms with Gasteiger partial charge in [-0.2, -0.15) is 0 Å². The minimum Gasteiger partial charge on any atom is -0.379 e. The molecule has 2 N–H and O–H groups in total. The molecule has 0 aliphatic carbocycles. The molecule has 0 aromatic carbocycles.